The Kier molecular flexibility index (Phi) is 4.45. The van der Waals surface area contributed by atoms with Crippen LogP contribution in [0.4, 0.5) is 5.69 Å². The average Bonchev–Trinajstić information content (AvgIpc) is 2.46. The van der Waals surface area contributed by atoms with Gasteiger partial charge in [-0.3, -0.25) is 9.79 Å². The minimum atomic E-state index is -0.245. The van der Waals surface area contributed by atoms with Crippen LogP contribution in [-0.2, 0) is 22.6 Å². The molecule has 0 saturated heterocycles. The molecule has 96 valence electrons. The van der Waals surface area contributed by atoms with Crippen molar-refractivity contribution in [1.82, 2.24) is 0 Å². The van der Waals surface area contributed by atoms with Gasteiger partial charge in [0.15, 0.2) is 0 Å². The Morgan fingerprint density at radius 1 is 1.05 bits per heavy atom. The van der Waals surface area contributed by atoms with Gasteiger partial charge in [-0.25, -0.2) is 0 Å². The van der Waals surface area contributed by atoms with E-state index in [4.69, 9.17) is 4.74 Å². The zero-order chi connectivity index (χ0) is 13.5. The third-order valence-corrected chi connectivity index (χ3v) is 2.68. The highest BCUT2D eigenvalue weighted by molar-refractivity contribution is 5.73. The van der Waals surface area contributed by atoms with Crippen molar-refractivity contribution in [2.45, 2.75) is 13.0 Å². The van der Waals surface area contributed by atoms with Crippen LogP contribution in [0.2, 0.25) is 0 Å². The second-order valence-electron chi connectivity index (χ2n) is 4.15. The van der Waals surface area contributed by atoms with Crippen LogP contribution in [0.5, 0.6) is 0 Å². The Bertz CT molecular complexity index is 564. The maximum absolute atomic E-state index is 11.7. The van der Waals surface area contributed by atoms with Crippen LogP contribution in [0.15, 0.2) is 59.6 Å². The van der Waals surface area contributed by atoms with Crippen molar-refractivity contribution in [1.29, 1.82) is 0 Å². The normalized spacial score (nSPS) is 9.89. The molecule has 0 saturated carbocycles. The van der Waals surface area contributed by atoms with Gasteiger partial charge < -0.3 is 4.74 Å². The van der Waals surface area contributed by atoms with Crippen LogP contribution in [0.3, 0.4) is 0 Å². The maximum Gasteiger partial charge on any atom is 0.310 e. The van der Waals surface area contributed by atoms with Gasteiger partial charge in [0, 0.05) is 0 Å². The minimum absolute atomic E-state index is 0.245. The summed E-state index contributed by atoms with van der Waals surface area (Å²) in [6.07, 6.45) is 0.246. The Morgan fingerprint density at radius 3 is 2.53 bits per heavy atom. The summed E-state index contributed by atoms with van der Waals surface area (Å²) in [6, 6.07) is 17.0. The predicted octanol–water partition coefficient (Wildman–Crippen LogP) is 3.30. The molecule has 3 heteroatoms. The van der Waals surface area contributed by atoms with Gasteiger partial charge in [-0.15, -0.1) is 0 Å². The van der Waals surface area contributed by atoms with Crippen molar-refractivity contribution in [2.75, 3.05) is 0 Å². The molecule has 3 nitrogen and oxygen atoms in total. The number of aliphatic imine (C=N–C) groups is 1. The quantitative estimate of drug-likeness (QED) is 0.605. The number of nitrogens with zero attached hydrogens (tertiary/aromatic N) is 1. The van der Waals surface area contributed by atoms with E-state index in [1.807, 2.05) is 54.6 Å². The van der Waals surface area contributed by atoms with Crippen molar-refractivity contribution < 1.29 is 9.53 Å². The van der Waals surface area contributed by atoms with Crippen LogP contribution < -0.4 is 0 Å². The minimum Gasteiger partial charge on any atom is -0.461 e. The summed E-state index contributed by atoms with van der Waals surface area (Å²) in [5, 5.41) is 0. The molecule has 0 fully saturated rings. The van der Waals surface area contributed by atoms with Crippen LogP contribution in [0.25, 0.3) is 0 Å². The van der Waals surface area contributed by atoms with E-state index in [0.29, 0.717) is 6.61 Å². The molecule has 0 aromatic heterocycles. The first-order valence-electron chi connectivity index (χ1n) is 6.03. The van der Waals surface area contributed by atoms with Gasteiger partial charge in [0.25, 0.3) is 0 Å². The molecule has 0 radical (unpaired) electrons. The molecule has 0 aliphatic heterocycles. The summed E-state index contributed by atoms with van der Waals surface area (Å²) in [5.41, 5.74) is 2.62. The molecule has 0 bridgehead atoms. The fourth-order valence-electron chi connectivity index (χ4n) is 1.72. The molecule has 19 heavy (non-hydrogen) atoms. The fraction of sp³-hybridized carbons (Fsp3) is 0.125. The highest BCUT2D eigenvalue weighted by atomic mass is 16.5. The molecule has 0 N–H and O–H groups in total. The number of carbonyl (C=O) groups excluding carboxylic acids is 1. The Balaban J connectivity index is 1.89. The van der Waals surface area contributed by atoms with E-state index in [2.05, 4.69) is 11.7 Å². The molecular weight excluding hydrogens is 238 g/mol. The van der Waals surface area contributed by atoms with Gasteiger partial charge in [-0.1, -0.05) is 42.5 Å². The van der Waals surface area contributed by atoms with E-state index in [0.717, 1.165) is 16.8 Å². The third kappa shape index (κ3) is 4.07. The van der Waals surface area contributed by atoms with Crippen LogP contribution in [-0.4, -0.2) is 12.7 Å². The Hall–Kier alpha value is -2.42. The summed E-state index contributed by atoms with van der Waals surface area (Å²) in [7, 11) is 0. The zero-order valence-electron chi connectivity index (χ0n) is 10.6. The lowest BCUT2D eigenvalue weighted by Gasteiger charge is -2.05. The number of benzene rings is 2. The van der Waals surface area contributed by atoms with Crippen LogP contribution >= 0.6 is 0 Å². The van der Waals surface area contributed by atoms with E-state index in [9.17, 15) is 4.79 Å². The zero-order valence-corrected chi connectivity index (χ0v) is 10.6. The number of carbonyl (C=O) groups is 1. The summed E-state index contributed by atoms with van der Waals surface area (Å²) in [5.74, 6) is -0.245. The van der Waals surface area contributed by atoms with Crippen LogP contribution in [0, 0.1) is 0 Å². The molecule has 0 amide bonds. The second-order valence-corrected chi connectivity index (χ2v) is 4.15. The van der Waals surface area contributed by atoms with Gasteiger partial charge in [0.1, 0.15) is 6.61 Å². The highest BCUT2D eigenvalue weighted by Crippen LogP contribution is 2.14. The lowest BCUT2D eigenvalue weighted by molar-refractivity contribution is -0.144. The standard InChI is InChI=1S/C16H15NO2/c1-17-15-9-5-8-14(10-15)11-16(18)19-12-13-6-3-2-4-7-13/h2-10H,1,11-12H2. The number of rotatable bonds is 5. The highest BCUT2D eigenvalue weighted by Gasteiger charge is 2.05. The Labute approximate surface area is 112 Å². The van der Waals surface area contributed by atoms with Gasteiger partial charge in [0.05, 0.1) is 12.1 Å². The molecular formula is C16H15NO2. The molecule has 0 heterocycles. The topological polar surface area (TPSA) is 38.7 Å². The first-order valence-corrected chi connectivity index (χ1v) is 6.03. The number of hydrogen-bond donors (Lipinski definition) is 0. The molecule has 2 rings (SSSR count). The third-order valence-electron chi connectivity index (χ3n) is 2.68. The van der Waals surface area contributed by atoms with Crippen LogP contribution in [0.1, 0.15) is 11.1 Å². The molecule has 0 aliphatic rings. The molecule has 0 spiro atoms. The van der Waals surface area contributed by atoms with E-state index in [1.54, 1.807) is 0 Å². The number of hydrogen-bond acceptors (Lipinski definition) is 3. The summed E-state index contributed by atoms with van der Waals surface area (Å²) >= 11 is 0. The van der Waals surface area contributed by atoms with E-state index in [1.165, 1.54) is 0 Å². The Morgan fingerprint density at radius 2 is 1.79 bits per heavy atom. The summed E-state index contributed by atoms with van der Waals surface area (Å²) in [6.45, 7) is 3.77. The first kappa shape index (κ1) is 13.0. The lowest BCUT2D eigenvalue weighted by Crippen LogP contribution is -2.07. The van der Waals surface area contributed by atoms with Crippen molar-refractivity contribution in [2.24, 2.45) is 4.99 Å². The van der Waals surface area contributed by atoms with Gasteiger partial charge >= 0.3 is 5.97 Å². The fourth-order valence-corrected chi connectivity index (χ4v) is 1.72. The van der Waals surface area contributed by atoms with Crippen molar-refractivity contribution in [3.63, 3.8) is 0 Å². The number of esters is 1. The van der Waals surface area contributed by atoms with Gasteiger partial charge in [-0.05, 0) is 30.0 Å². The van der Waals surface area contributed by atoms with E-state index >= 15 is 0 Å². The molecule has 2 aromatic rings. The van der Waals surface area contributed by atoms with E-state index in [-0.39, 0.29) is 12.4 Å². The monoisotopic (exact) mass is 253 g/mol. The van der Waals surface area contributed by atoms with Crippen molar-refractivity contribution in [3.05, 3.63) is 65.7 Å². The average molecular weight is 253 g/mol. The molecule has 2 aromatic carbocycles. The summed E-state index contributed by atoms with van der Waals surface area (Å²) < 4.78 is 5.22. The second kappa shape index (κ2) is 6.50. The first-order chi connectivity index (χ1) is 9.28. The molecule has 0 atom stereocenters. The van der Waals surface area contributed by atoms with Gasteiger partial charge in [0.2, 0.25) is 0 Å². The van der Waals surface area contributed by atoms with Crippen molar-refractivity contribution in [3.8, 4) is 0 Å². The van der Waals surface area contributed by atoms with E-state index < -0.39 is 0 Å². The largest absolute Gasteiger partial charge is 0.461 e. The lowest BCUT2D eigenvalue weighted by atomic mass is 10.1. The van der Waals surface area contributed by atoms with Crippen molar-refractivity contribution >= 4 is 18.4 Å². The summed E-state index contributed by atoms with van der Waals surface area (Å²) in [4.78, 5) is 15.5. The predicted molar refractivity (Wildman–Crippen MR) is 75.6 cm³/mol. The molecule has 0 unspecified atom stereocenters. The molecule has 0 aliphatic carbocycles. The maximum atomic E-state index is 11.7. The SMILES string of the molecule is C=Nc1cccc(CC(=O)OCc2ccccc2)c1. The van der Waals surface area contributed by atoms with Gasteiger partial charge in [-0.2, -0.15) is 0 Å². The smallest absolute Gasteiger partial charge is 0.310 e. The number of ether oxygens (including phenoxy) is 1.